The third-order valence-electron chi connectivity index (χ3n) is 3.92. The van der Waals surface area contributed by atoms with Crippen molar-refractivity contribution in [2.45, 2.75) is 19.0 Å². The van der Waals surface area contributed by atoms with Crippen molar-refractivity contribution in [2.75, 3.05) is 11.1 Å². The molecule has 7 heteroatoms. The molecule has 0 atom stereocenters. The van der Waals surface area contributed by atoms with Crippen LogP contribution in [0.4, 0.5) is 5.69 Å². The van der Waals surface area contributed by atoms with Gasteiger partial charge in [0, 0.05) is 18.1 Å². The molecular formula is C20H17ClN4OS. The van der Waals surface area contributed by atoms with E-state index in [9.17, 15) is 4.79 Å². The van der Waals surface area contributed by atoms with E-state index >= 15 is 0 Å². The van der Waals surface area contributed by atoms with E-state index in [0.29, 0.717) is 16.3 Å². The summed E-state index contributed by atoms with van der Waals surface area (Å²) < 4.78 is 1.98. The summed E-state index contributed by atoms with van der Waals surface area (Å²) in [5, 5.41) is 12.7. The molecule has 0 aliphatic carbocycles. The minimum absolute atomic E-state index is 0.170. The van der Waals surface area contributed by atoms with Gasteiger partial charge in [0.15, 0.2) is 5.16 Å². The molecule has 3 rings (SSSR count). The van der Waals surface area contributed by atoms with Crippen LogP contribution in [0, 0.1) is 25.2 Å². The number of hydrogen-bond acceptors (Lipinski definition) is 4. The normalized spacial score (nSPS) is 10.4. The van der Waals surface area contributed by atoms with E-state index in [-0.39, 0.29) is 11.7 Å². The fourth-order valence-electron chi connectivity index (χ4n) is 2.67. The smallest absolute Gasteiger partial charge is 0.234 e. The molecule has 1 N–H and O–H groups in total. The quantitative estimate of drug-likeness (QED) is 0.632. The number of hydrogen-bond donors (Lipinski definition) is 1. The second-order valence-electron chi connectivity index (χ2n) is 6.01. The third-order valence-corrected chi connectivity index (χ3v) is 5.20. The van der Waals surface area contributed by atoms with Crippen LogP contribution in [0.2, 0.25) is 5.02 Å². The lowest BCUT2D eigenvalue weighted by molar-refractivity contribution is -0.113. The Kier molecular flexibility index (Phi) is 5.84. The second-order valence-corrected chi connectivity index (χ2v) is 7.36. The molecule has 5 nitrogen and oxygen atoms in total. The van der Waals surface area contributed by atoms with Crippen LogP contribution in [0.3, 0.4) is 0 Å². The number of nitrogens with one attached hydrogen (secondary N) is 1. The van der Waals surface area contributed by atoms with Crippen LogP contribution in [0.15, 0.2) is 53.9 Å². The third kappa shape index (κ3) is 4.51. The van der Waals surface area contributed by atoms with Crippen LogP contribution in [0.1, 0.15) is 16.7 Å². The van der Waals surface area contributed by atoms with E-state index in [1.807, 2.05) is 16.8 Å². The first-order valence-electron chi connectivity index (χ1n) is 8.21. The van der Waals surface area contributed by atoms with Crippen molar-refractivity contribution >= 4 is 35.0 Å². The standard InChI is InChI=1S/C20H17ClN4OS/c1-13-3-6-18(14(2)9-13)25-8-7-23-20(25)27-12-19(26)24-16-5-4-15(11-22)17(21)10-16/h3-10H,12H2,1-2H3,(H,24,26). The first kappa shape index (κ1) is 19.0. The summed E-state index contributed by atoms with van der Waals surface area (Å²) in [6, 6.07) is 13.0. The van der Waals surface area contributed by atoms with Gasteiger partial charge >= 0.3 is 0 Å². The van der Waals surface area contributed by atoms with Crippen LogP contribution < -0.4 is 5.32 Å². The molecule has 3 aromatic rings. The molecule has 1 amide bonds. The lowest BCUT2D eigenvalue weighted by atomic mass is 10.1. The van der Waals surface area contributed by atoms with Gasteiger partial charge in [-0.3, -0.25) is 9.36 Å². The molecule has 0 radical (unpaired) electrons. The molecule has 0 spiro atoms. The molecule has 0 aliphatic heterocycles. The van der Waals surface area contributed by atoms with Crippen molar-refractivity contribution in [1.82, 2.24) is 9.55 Å². The summed E-state index contributed by atoms with van der Waals surface area (Å²) in [6.07, 6.45) is 3.61. The first-order valence-corrected chi connectivity index (χ1v) is 9.57. The van der Waals surface area contributed by atoms with Gasteiger partial charge in [-0.25, -0.2) is 4.98 Å². The highest BCUT2D eigenvalue weighted by Crippen LogP contribution is 2.24. The average molecular weight is 397 g/mol. The van der Waals surface area contributed by atoms with Gasteiger partial charge in [0.05, 0.1) is 22.0 Å². The molecule has 0 unspecified atom stereocenters. The number of thioether (sulfide) groups is 1. The summed E-state index contributed by atoms with van der Waals surface area (Å²) in [5.41, 5.74) is 4.32. The predicted octanol–water partition coefficient (Wildman–Crippen LogP) is 4.75. The number of benzene rings is 2. The fourth-order valence-corrected chi connectivity index (χ4v) is 3.66. The topological polar surface area (TPSA) is 70.7 Å². The number of carbonyl (C=O) groups is 1. The Morgan fingerprint density at radius 2 is 2.11 bits per heavy atom. The number of carbonyl (C=O) groups excluding carboxylic acids is 1. The number of halogens is 1. The summed E-state index contributed by atoms with van der Waals surface area (Å²) >= 11 is 7.35. The Labute approximate surface area is 167 Å². The van der Waals surface area contributed by atoms with Crippen molar-refractivity contribution < 1.29 is 4.79 Å². The van der Waals surface area contributed by atoms with E-state index in [1.54, 1.807) is 24.4 Å². The maximum atomic E-state index is 12.3. The summed E-state index contributed by atoms with van der Waals surface area (Å²) in [7, 11) is 0. The maximum Gasteiger partial charge on any atom is 0.234 e. The molecule has 0 aliphatic rings. The highest BCUT2D eigenvalue weighted by atomic mass is 35.5. The Morgan fingerprint density at radius 1 is 1.30 bits per heavy atom. The maximum absolute atomic E-state index is 12.3. The van der Waals surface area contributed by atoms with E-state index < -0.39 is 0 Å². The average Bonchev–Trinajstić information content (AvgIpc) is 3.08. The second kappa shape index (κ2) is 8.30. The molecule has 0 saturated carbocycles. The van der Waals surface area contributed by atoms with Crippen molar-refractivity contribution in [2.24, 2.45) is 0 Å². The number of nitriles is 1. The van der Waals surface area contributed by atoms with E-state index in [2.05, 4.69) is 42.3 Å². The molecule has 27 heavy (non-hydrogen) atoms. The van der Waals surface area contributed by atoms with Gasteiger partial charge in [0.1, 0.15) is 6.07 Å². The first-order chi connectivity index (χ1) is 13.0. The zero-order valence-electron chi connectivity index (χ0n) is 14.9. The molecule has 1 heterocycles. The SMILES string of the molecule is Cc1ccc(-n2ccnc2SCC(=O)Nc2ccc(C#N)c(Cl)c2)c(C)c1. The predicted molar refractivity (Wildman–Crippen MR) is 109 cm³/mol. The number of anilines is 1. The molecule has 1 aromatic heterocycles. The molecule has 0 saturated heterocycles. The highest BCUT2D eigenvalue weighted by Gasteiger charge is 2.11. The molecule has 136 valence electrons. The van der Waals surface area contributed by atoms with Gasteiger partial charge in [0.25, 0.3) is 0 Å². The summed E-state index contributed by atoms with van der Waals surface area (Å²) in [5.74, 6) is 0.0375. The molecule has 0 bridgehead atoms. The van der Waals surface area contributed by atoms with Crippen LogP contribution in [-0.2, 0) is 4.79 Å². The number of nitrogens with zero attached hydrogens (tertiary/aromatic N) is 3. The van der Waals surface area contributed by atoms with Crippen molar-refractivity contribution in [1.29, 1.82) is 5.26 Å². The van der Waals surface area contributed by atoms with Crippen molar-refractivity contribution in [3.63, 3.8) is 0 Å². The Bertz CT molecular complexity index is 1040. The van der Waals surface area contributed by atoms with Gasteiger partial charge in [-0.2, -0.15) is 5.26 Å². The van der Waals surface area contributed by atoms with Crippen LogP contribution >= 0.6 is 23.4 Å². The molecule has 2 aromatic carbocycles. The Hall–Kier alpha value is -2.75. The van der Waals surface area contributed by atoms with Crippen LogP contribution in [0.5, 0.6) is 0 Å². The number of aromatic nitrogens is 2. The van der Waals surface area contributed by atoms with Gasteiger partial charge in [-0.15, -0.1) is 0 Å². The Balaban J connectivity index is 1.67. The van der Waals surface area contributed by atoms with Crippen LogP contribution in [0.25, 0.3) is 5.69 Å². The zero-order valence-corrected chi connectivity index (χ0v) is 16.4. The zero-order chi connectivity index (χ0) is 19.4. The van der Waals surface area contributed by atoms with Gasteiger partial charge in [-0.1, -0.05) is 41.1 Å². The minimum atomic E-state index is -0.170. The number of aryl methyl sites for hydroxylation is 2. The van der Waals surface area contributed by atoms with Gasteiger partial charge in [0.2, 0.25) is 5.91 Å². The fraction of sp³-hybridized carbons (Fsp3) is 0.150. The molecule has 0 fully saturated rings. The van der Waals surface area contributed by atoms with Crippen molar-refractivity contribution in [3.05, 3.63) is 70.5 Å². The van der Waals surface area contributed by atoms with Crippen LogP contribution in [-0.4, -0.2) is 21.2 Å². The highest BCUT2D eigenvalue weighted by molar-refractivity contribution is 7.99. The van der Waals surface area contributed by atoms with Crippen molar-refractivity contribution in [3.8, 4) is 11.8 Å². The largest absolute Gasteiger partial charge is 0.325 e. The minimum Gasteiger partial charge on any atom is -0.325 e. The number of rotatable bonds is 5. The summed E-state index contributed by atoms with van der Waals surface area (Å²) in [6.45, 7) is 4.11. The van der Waals surface area contributed by atoms with E-state index in [1.165, 1.54) is 17.3 Å². The number of imidazole rings is 1. The van der Waals surface area contributed by atoms with E-state index in [4.69, 9.17) is 16.9 Å². The summed E-state index contributed by atoms with van der Waals surface area (Å²) in [4.78, 5) is 16.6. The Morgan fingerprint density at radius 3 is 2.81 bits per heavy atom. The van der Waals surface area contributed by atoms with Gasteiger partial charge < -0.3 is 5.32 Å². The van der Waals surface area contributed by atoms with Gasteiger partial charge in [-0.05, 0) is 43.7 Å². The van der Waals surface area contributed by atoms with E-state index in [0.717, 1.165) is 16.4 Å². The monoisotopic (exact) mass is 396 g/mol. The lowest BCUT2D eigenvalue weighted by Crippen LogP contribution is -2.14. The lowest BCUT2D eigenvalue weighted by Gasteiger charge is -2.11. The molecular weight excluding hydrogens is 380 g/mol. The number of amides is 1.